The van der Waals surface area contributed by atoms with Gasteiger partial charge >= 0.3 is 0 Å². The maximum absolute atomic E-state index is 6.26. The highest BCUT2D eigenvalue weighted by atomic mass is 16.3. The smallest absolute Gasteiger partial charge is 0.136 e. The average molecular weight is 573 g/mol. The number of aromatic nitrogens is 2. The second kappa shape index (κ2) is 9.22. The molecular formula is C42H24N2O. The molecule has 0 spiro atoms. The Morgan fingerprint density at radius 1 is 0.378 bits per heavy atom. The first-order chi connectivity index (χ1) is 22.3. The SMILES string of the molecule is c1ccc2c(c1)ccc1ccc3c4ccc(-c5nc6ccccc6nc5-c5cccc6oc7ccccc7c56)cc4ccc3c12. The van der Waals surface area contributed by atoms with Gasteiger partial charge in [0.1, 0.15) is 11.2 Å². The molecule has 8 aromatic carbocycles. The Balaban J connectivity index is 1.24. The molecule has 3 heteroatoms. The van der Waals surface area contributed by atoms with Gasteiger partial charge in [0, 0.05) is 21.9 Å². The number of rotatable bonds is 2. The van der Waals surface area contributed by atoms with Crippen molar-refractivity contribution in [2.24, 2.45) is 0 Å². The van der Waals surface area contributed by atoms with Crippen molar-refractivity contribution >= 4 is 76.1 Å². The van der Waals surface area contributed by atoms with Gasteiger partial charge in [0.25, 0.3) is 0 Å². The molecule has 10 rings (SSSR count). The summed E-state index contributed by atoms with van der Waals surface area (Å²) in [5.74, 6) is 0. The Bertz CT molecular complexity index is 2830. The van der Waals surface area contributed by atoms with E-state index in [1.54, 1.807) is 0 Å². The van der Waals surface area contributed by atoms with E-state index in [-0.39, 0.29) is 0 Å². The summed E-state index contributed by atoms with van der Waals surface area (Å²) in [7, 11) is 0. The van der Waals surface area contributed by atoms with E-state index in [4.69, 9.17) is 14.4 Å². The third-order valence-electron chi connectivity index (χ3n) is 9.22. The highest BCUT2D eigenvalue weighted by Crippen LogP contribution is 2.41. The van der Waals surface area contributed by atoms with E-state index in [2.05, 4.69) is 97.1 Å². The van der Waals surface area contributed by atoms with Crippen molar-refractivity contribution in [3.63, 3.8) is 0 Å². The maximum Gasteiger partial charge on any atom is 0.136 e. The molecule has 0 saturated carbocycles. The standard InChI is InChI=1S/C42H24N2O/c1-2-9-30-25(8-1)16-17-26-18-22-31-29-21-20-28(24-27(29)19-23-32(31)39(26)30)41-42(44-36-13-5-4-12-35(36)43-41)34-11-7-15-38-40(34)33-10-3-6-14-37(33)45-38/h1-24H. The van der Waals surface area contributed by atoms with Gasteiger partial charge in [0.15, 0.2) is 0 Å². The van der Waals surface area contributed by atoms with Crippen molar-refractivity contribution in [3.05, 3.63) is 146 Å². The number of hydrogen-bond donors (Lipinski definition) is 0. The molecule has 0 aliphatic carbocycles. The predicted octanol–water partition coefficient (Wildman–Crippen LogP) is 11.5. The minimum Gasteiger partial charge on any atom is -0.456 e. The lowest BCUT2D eigenvalue weighted by molar-refractivity contribution is 0.669. The molecule has 0 bridgehead atoms. The van der Waals surface area contributed by atoms with Crippen molar-refractivity contribution in [2.45, 2.75) is 0 Å². The van der Waals surface area contributed by atoms with Crippen LogP contribution in [0.2, 0.25) is 0 Å². The number of para-hydroxylation sites is 3. The third kappa shape index (κ3) is 3.58. The molecule has 0 aliphatic heterocycles. The van der Waals surface area contributed by atoms with Crippen LogP contribution < -0.4 is 0 Å². The molecule has 3 nitrogen and oxygen atoms in total. The van der Waals surface area contributed by atoms with Crippen LogP contribution in [0.25, 0.3) is 98.6 Å². The second-order valence-electron chi connectivity index (χ2n) is 11.7. The Labute approximate surface area is 258 Å². The van der Waals surface area contributed by atoms with E-state index in [9.17, 15) is 0 Å². The lowest BCUT2D eigenvalue weighted by Gasteiger charge is -2.14. The summed E-state index contributed by atoms with van der Waals surface area (Å²) in [6, 6.07) is 51.4. The molecule has 45 heavy (non-hydrogen) atoms. The summed E-state index contributed by atoms with van der Waals surface area (Å²) in [6.45, 7) is 0. The van der Waals surface area contributed by atoms with Gasteiger partial charge in [-0.15, -0.1) is 0 Å². The van der Waals surface area contributed by atoms with E-state index >= 15 is 0 Å². The topological polar surface area (TPSA) is 38.9 Å². The van der Waals surface area contributed by atoms with Gasteiger partial charge in [-0.3, -0.25) is 0 Å². The zero-order valence-corrected chi connectivity index (χ0v) is 24.2. The number of furan rings is 1. The monoisotopic (exact) mass is 572 g/mol. The first kappa shape index (κ1) is 24.4. The van der Waals surface area contributed by atoms with E-state index < -0.39 is 0 Å². The first-order valence-electron chi connectivity index (χ1n) is 15.2. The number of nitrogens with zero attached hydrogens (tertiary/aromatic N) is 2. The molecule has 0 atom stereocenters. The van der Waals surface area contributed by atoms with E-state index in [1.165, 1.54) is 43.1 Å². The van der Waals surface area contributed by atoms with Crippen LogP contribution in [0.5, 0.6) is 0 Å². The summed E-state index contributed by atoms with van der Waals surface area (Å²) < 4.78 is 6.26. The van der Waals surface area contributed by atoms with Crippen LogP contribution in [0.1, 0.15) is 0 Å². The fourth-order valence-corrected chi connectivity index (χ4v) is 7.16. The molecule has 0 aliphatic rings. The van der Waals surface area contributed by atoms with Crippen LogP contribution in [-0.4, -0.2) is 9.97 Å². The molecule has 10 aromatic rings. The third-order valence-corrected chi connectivity index (χ3v) is 9.22. The molecule has 2 heterocycles. The van der Waals surface area contributed by atoms with Crippen LogP contribution in [0.3, 0.4) is 0 Å². The Morgan fingerprint density at radius 2 is 1.04 bits per heavy atom. The second-order valence-corrected chi connectivity index (χ2v) is 11.7. The van der Waals surface area contributed by atoms with Crippen molar-refractivity contribution in [1.82, 2.24) is 9.97 Å². The van der Waals surface area contributed by atoms with Crippen molar-refractivity contribution in [3.8, 4) is 22.5 Å². The summed E-state index contributed by atoms with van der Waals surface area (Å²) in [5, 5.41) is 12.2. The minimum absolute atomic E-state index is 0.847. The number of hydrogen-bond acceptors (Lipinski definition) is 3. The molecule has 0 N–H and O–H groups in total. The molecule has 0 amide bonds. The predicted molar refractivity (Wildman–Crippen MR) is 188 cm³/mol. The van der Waals surface area contributed by atoms with Gasteiger partial charge in [-0.1, -0.05) is 115 Å². The summed E-state index contributed by atoms with van der Waals surface area (Å²) >= 11 is 0. The summed E-state index contributed by atoms with van der Waals surface area (Å²) in [4.78, 5) is 10.5. The van der Waals surface area contributed by atoms with Gasteiger partial charge in [-0.05, 0) is 73.4 Å². The number of benzene rings is 8. The van der Waals surface area contributed by atoms with Gasteiger partial charge in [0.2, 0.25) is 0 Å². The van der Waals surface area contributed by atoms with Crippen LogP contribution in [0.4, 0.5) is 0 Å². The molecule has 0 radical (unpaired) electrons. The fourth-order valence-electron chi connectivity index (χ4n) is 7.16. The first-order valence-corrected chi connectivity index (χ1v) is 15.2. The van der Waals surface area contributed by atoms with E-state index in [0.717, 1.165) is 55.5 Å². The van der Waals surface area contributed by atoms with Gasteiger partial charge in [-0.2, -0.15) is 0 Å². The van der Waals surface area contributed by atoms with Crippen LogP contribution >= 0.6 is 0 Å². The van der Waals surface area contributed by atoms with E-state index in [1.807, 2.05) is 48.5 Å². The Hall–Kier alpha value is -6.06. The molecule has 0 unspecified atom stereocenters. The van der Waals surface area contributed by atoms with Gasteiger partial charge < -0.3 is 4.42 Å². The summed E-state index contributed by atoms with van der Waals surface area (Å²) in [6.07, 6.45) is 0. The zero-order chi connectivity index (χ0) is 29.5. The lowest BCUT2D eigenvalue weighted by Crippen LogP contribution is -1.96. The molecule has 208 valence electrons. The molecule has 0 fully saturated rings. The lowest BCUT2D eigenvalue weighted by atomic mass is 9.92. The Morgan fingerprint density at radius 3 is 1.96 bits per heavy atom. The summed E-state index contributed by atoms with van der Waals surface area (Å²) in [5.41, 5.74) is 7.21. The quantitative estimate of drug-likeness (QED) is 0.193. The number of fused-ring (bicyclic) bond motifs is 11. The minimum atomic E-state index is 0.847. The normalized spacial score (nSPS) is 12.0. The maximum atomic E-state index is 6.26. The zero-order valence-electron chi connectivity index (χ0n) is 24.2. The highest BCUT2D eigenvalue weighted by molar-refractivity contribution is 6.25. The fraction of sp³-hybridized carbons (Fsp3) is 0. The average Bonchev–Trinajstić information content (AvgIpc) is 3.49. The molecular weight excluding hydrogens is 548 g/mol. The molecule has 0 saturated heterocycles. The van der Waals surface area contributed by atoms with Crippen LogP contribution in [-0.2, 0) is 0 Å². The van der Waals surface area contributed by atoms with E-state index in [0.29, 0.717) is 0 Å². The van der Waals surface area contributed by atoms with Crippen LogP contribution in [0, 0.1) is 0 Å². The Kier molecular flexibility index (Phi) is 5.00. The highest BCUT2D eigenvalue weighted by Gasteiger charge is 2.19. The largest absolute Gasteiger partial charge is 0.456 e. The van der Waals surface area contributed by atoms with Gasteiger partial charge in [0.05, 0.1) is 22.4 Å². The van der Waals surface area contributed by atoms with Gasteiger partial charge in [-0.25, -0.2) is 9.97 Å². The van der Waals surface area contributed by atoms with Crippen molar-refractivity contribution in [2.75, 3.05) is 0 Å². The van der Waals surface area contributed by atoms with Crippen molar-refractivity contribution in [1.29, 1.82) is 0 Å². The molecule has 2 aromatic heterocycles. The van der Waals surface area contributed by atoms with Crippen LogP contribution in [0.15, 0.2) is 150 Å². The van der Waals surface area contributed by atoms with Crippen molar-refractivity contribution < 1.29 is 4.42 Å².